The van der Waals surface area contributed by atoms with Crippen LogP contribution in [0.1, 0.15) is 30.9 Å². The van der Waals surface area contributed by atoms with Crippen LogP contribution in [0.25, 0.3) is 0 Å². The predicted octanol–water partition coefficient (Wildman–Crippen LogP) is 3.04. The average molecular weight is 344 g/mol. The van der Waals surface area contributed by atoms with Crippen molar-refractivity contribution in [1.29, 1.82) is 0 Å². The summed E-state index contributed by atoms with van der Waals surface area (Å²) in [5, 5.41) is 0. The van der Waals surface area contributed by atoms with Crippen LogP contribution in [-0.2, 0) is 9.47 Å². The molecule has 0 amide bonds. The molecular formula is C15H22BrNO3. The van der Waals surface area contributed by atoms with Crippen molar-refractivity contribution in [2.24, 2.45) is 5.73 Å². The van der Waals surface area contributed by atoms with Crippen molar-refractivity contribution in [2.75, 3.05) is 26.9 Å². The summed E-state index contributed by atoms with van der Waals surface area (Å²) in [6.07, 6.45) is 3.48. The fraction of sp³-hybridized carbons (Fsp3) is 0.600. The fourth-order valence-electron chi connectivity index (χ4n) is 2.34. The molecular weight excluding hydrogens is 322 g/mol. The molecule has 1 aromatic carbocycles. The molecule has 1 fully saturated rings. The number of methoxy groups -OCH3 is 1. The van der Waals surface area contributed by atoms with Crippen molar-refractivity contribution in [3.8, 4) is 5.75 Å². The summed E-state index contributed by atoms with van der Waals surface area (Å²) in [6.45, 7) is 1.92. The normalized spacial score (nSPS) is 20.6. The molecule has 0 radical (unpaired) electrons. The van der Waals surface area contributed by atoms with E-state index in [1.165, 1.54) is 6.42 Å². The van der Waals surface area contributed by atoms with Crippen LogP contribution in [0.15, 0.2) is 22.7 Å². The van der Waals surface area contributed by atoms with Crippen molar-refractivity contribution in [3.05, 3.63) is 28.2 Å². The number of hydrogen-bond acceptors (Lipinski definition) is 4. The molecule has 2 atom stereocenters. The first-order valence-electron chi connectivity index (χ1n) is 7.00. The molecule has 1 saturated heterocycles. The minimum Gasteiger partial charge on any atom is -0.490 e. The summed E-state index contributed by atoms with van der Waals surface area (Å²) in [5.41, 5.74) is 7.38. The van der Waals surface area contributed by atoms with Gasteiger partial charge in [-0.2, -0.15) is 0 Å². The Morgan fingerprint density at radius 1 is 1.40 bits per heavy atom. The summed E-state index contributed by atoms with van der Waals surface area (Å²) >= 11 is 3.53. The Morgan fingerprint density at radius 2 is 2.25 bits per heavy atom. The van der Waals surface area contributed by atoms with Gasteiger partial charge in [0.1, 0.15) is 12.4 Å². The molecule has 1 aliphatic heterocycles. The van der Waals surface area contributed by atoms with E-state index in [9.17, 15) is 0 Å². The fourth-order valence-corrected chi connectivity index (χ4v) is 2.85. The van der Waals surface area contributed by atoms with Gasteiger partial charge in [0, 0.05) is 13.7 Å². The second kappa shape index (κ2) is 7.98. The van der Waals surface area contributed by atoms with Crippen molar-refractivity contribution < 1.29 is 14.2 Å². The summed E-state index contributed by atoms with van der Waals surface area (Å²) in [4.78, 5) is 0. The Kier molecular flexibility index (Phi) is 6.29. The molecule has 0 aromatic heterocycles. The van der Waals surface area contributed by atoms with Gasteiger partial charge in [-0.3, -0.25) is 0 Å². The number of ether oxygens (including phenoxy) is 3. The smallest absolute Gasteiger partial charge is 0.133 e. The van der Waals surface area contributed by atoms with E-state index in [1.807, 2.05) is 18.2 Å². The minimum absolute atomic E-state index is 0.0837. The van der Waals surface area contributed by atoms with Gasteiger partial charge in [0.05, 0.1) is 23.2 Å². The van der Waals surface area contributed by atoms with E-state index in [2.05, 4.69) is 15.9 Å². The van der Waals surface area contributed by atoms with Crippen molar-refractivity contribution in [3.63, 3.8) is 0 Å². The van der Waals surface area contributed by atoms with Crippen LogP contribution in [0.2, 0.25) is 0 Å². The van der Waals surface area contributed by atoms with E-state index in [0.717, 1.165) is 35.2 Å². The first kappa shape index (κ1) is 15.8. The molecule has 2 rings (SSSR count). The van der Waals surface area contributed by atoms with E-state index in [4.69, 9.17) is 19.9 Å². The van der Waals surface area contributed by atoms with E-state index in [1.54, 1.807) is 7.11 Å². The van der Waals surface area contributed by atoms with Crippen molar-refractivity contribution in [2.45, 2.75) is 31.4 Å². The van der Waals surface area contributed by atoms with Crippen LogP contribution in [-0.4, -0.2) is 33.0 Å². The number of benzene rings is 1. The Labute approximate surface area is 128 Å². The predicted molar refractivity (Wildman–Crippen MR) is 82.0 cm³/mol. The zero-order valence-electron chi connectivity index (χ0n) is 11.8. The van der Waals surface area contributed by atoms with Gasteiger partial charge in [-0.25, -0.2) is 0 Å². The molecule has 112 valence electrons. The van der Waals surface area contributed by atoms with Gasteiger partial charge in [-0.15, -0.1) is 0 Å². The SMILES string of the molecule is COCCOc1ccc(C(N)C2CCCCO2)cc1Br. The molecule has 1 aromatic rings. The number of hydrogen-bond donors (Lipinski definition) is 1. The monoisotopic (exact) mass is 343 g/mol. The zero-order valence-corrected chi connectivity index (χ0v) is 13.4. The van der Waals surface area contributed by atoms with Crippen LogP contribution in [0.4, 0.5) is 0 Å². The Morgan fingerprint density at radius 3 is 2.90 bits per heavy atom. The maximum Gasteiger partial charge on any atom is 0.133 e. The van der Waals surface area contributed by atoms with Gasteiger partial charge in [0.2, 0.25) is 0 Å². The number of nitrogens with two attached hydrogens (primary N) is 1. The largest absolute Gasteiger partial charge is 0.490 e. The van der Waals surface area contributed by atoms with Gasteiger partial charge >= 0.3 is 0 Å². The second-order valence-corrected chi connectivity index (χ2v) is 5.82. The molecule has 2 unspecified atom stereocenters. The highest BCUT2D eigenvalue weighted by Crippen LogP contribution is 2.31. The lowest BCUT2D eigenvalue weighted by molar-refractivity contribution is -0.00000869. The van der Waals surface area contributed by atoms with E-state index >= 15 is 0 Å². The molecule has 5 heteroatoms. The maximum absolute atomic E-state index is 6.30. The summed E-state index contributed by atoms with van der Waals surface area (Å²) in [6, 6.07) is 5.89. The quantitative estimate of drug-likeness (QED) is 0.806. The lowest BCUT2D eigenvalue weighted by atomic mass is 9.96. The van der Waals surface area contributed by atoms with Crippen LogP contribution < -0.4 is 10.5 Å². The van der Waals surface area contributed by atoms with Gasteiger partial charge in [0.25, 0.3) is 0 Å². The molecule has 0 aliphatic carbocycles. The van der Waals surface area contributed by atoms with Crippen LogP contribution in [0, 0.1) is 0 Å². The molecule has 4 nitrogen and oxygen atoms in total. The van der Waals surface area contributed by atoms with Gasteiger partial charge in [-0.1, -0.05) is 6.07 Å². The first-order valence-corrected chi connectivity index (χ1v) is 7.80. The molecule has 0 spiro atoms. The maximum atomic E-state index is 6.30. The number of rotatable bonds is 6. The highest BCUT2D eigenvalue weighted by Gasteiger charge is 2.23. The topological polar surface area (TPSA) is 53.7 Å². The molecule has 2 N–H and O–H groups in total. The summed E-state index contributed by atoms with van der Waals surface area (Å²) < 4.78 is 17.3. The third-order valence-electron chi connectivity index (χ3n) is 3.50. The first-order chi connectivity index (χ1) is 9.72. The third-order valence-corrected chi connectivity index (χ3v) is 4.12. The summed E-state index contributed by atoms with van der Waals surface area (Å²) in [5.74, 6) is 0.808. The standard InChI is InChI=1S/C15H22BrNO3/c1-18-8-9-20-13-6-5-11(10-12(13)16)15(17)14-4-2-3-7-19-14/h5-6,10,14-15H,2-4,7-9,17H2,1H3. The van der Waals surface area contributed by atoms with Gasteiger partial charge < -0.3 is 19.9 Å². The number of halogens is 1. The van der Waals surface area contributed by atoms with Crippen LogP contribution >= 0.6 is 15.9 Å². The van der Waals surface area contributed by atoms with E-state index < -0.39 is 0 Å². The van der Waals surface area contributed by atoms with Crippen LogP contribution in [0.5, 0.6) is 5.75 Å². The zero-order chi connectivity index (χ0) is 14.4. The average Bonchev–Trinajstić information content (AvgIpc) is 2.49. The molecule has 0 bridgehead atoms. The van der Waals surface area contributed by atoms with Crippen molar-refractivity contribution in [1.82, 2.24) is 0 Å². The summed E-state index contributed by atoms with van der Waals surface area (Å²) in [7, 11) is 1.66. The molecule has 1 heterocycles. The Balaban J connectivity index is 1.99. The highest BCUT2D eigenvalue weighted by atomic mass is 79.9. The third kappa shape index (κ3) is 4.19. The van der Waals surface area contributed by atoms with Gasteiger partial charge in [-0.05, 0) is 52.9 Å². The van der Waals surface area contributed by atoms with E-state index in [0.29, 0.717) is 13.2 Å². The Hall–Kier alpha value is -0.620. The molecule has 0 saturated carbocycles. The van der Waals surface area contributed by atoms with Gasteiger partial charge in [0.15, 0.2) is 0 Å². The lowest BCUT2D eigenvalue weighted by Crippen LogP contribution is -2.31. The van der Waals surface area contributed by atoms with E-state index in [-0.39, 0.29) is 12.1 Å². The molecule has 1 aliphatic rings. The minimum atomic E-state index is -0.0837. The molecule has 20 heavy (non-hydrogen) atoms. The second-order valence-electron chi connectivity index (χ2n) is 4.96. The van der Waals surface area contributed by atoms with Crippen LogP contribution in [0.3, 0.4) is 0 Å². The Bertz CT molecular complexity index is 422. The van der Waals surface area contributed by atoms with Crippen molar-refractivity contribution >= 4 is 15.9 Å². The highest BCUT2D eigenvalue weighted by molar-refractivity contribution is 9.10. The lowest BCUT2D eigenvalue weighted by Gasteiger charge is -2.28.